The summed E-state index contributed by atoms with van der Waals surface area (Å²) >= 11 is 0. The summed E-state index contributed by atoms with van der Waals surface area (Å²) in [5.74, 6) is 1.98. The number of rotatable bonds is 6. The van der Waals surface area contributed by atoms with Gasteiger partial charge >= 0.3 is 0 Å². The number of likely N-dealkylation sites (tertiary alicyclic amines) is 1. The van der Waals surface area contributed by atoms with Crippen molar-refractivity contribution in [2.24, 2.45) is 11.3 Å². The van der Waals surface area contributed by atoms with E-state index in [-0.39, 0.29) is 5.82 Å². The van der Waals surface area contributed by atoms with E-state index < -0.39 is 0 Å². The molecule has 0 aliphatic carbocycles. The minimum atomic E-state index is -0.250. The van der Waals surface area contributed by atoms with Gasteiger partial charge in [0.25, 0.3) is 0 Å². The van der Waals surface area contributed by atoms with Crippen molar-refractivity contribution >= 4 is 0 Å². The first-order valence-electron chi connectivity index (χ1n) is 11.3. The number of benzene rings is 2. The maximum atomic E-state index is 13.5. The largest absolute Gasteiger partial charge is 0.296 e. The number of halogens is 1. The average Bonchev–Trinajstić information content (AvgIpc) is 3.14. The van der Waals surface area contributed by atoms with E-state index in [4.69, 9.17) is 10.1 Å². The number of nitrogens with zero attached hydrogens (tertiary/aromatic N) is 4. The van der Waals surface area contributed by atoms with Crippen LogP contribution in [0.5, 0.6) is 0 Å². The Hall–Kier alpha value is -2.53. The summed E-state index contributed by atoms with van der Waals surface area (Å²) in [6.07, 6.45) is 3.44. The minimum Gasteiger partial charge on any atom is -0.296 e. The molecule has 5 heteroatoms. The van der Waals surface area contributed by atoms with Gasteiger partial charge < -0.3 is 0 Å². The first-order chi connectivity index (χ1) is 14.8. The molecule has 0 amide bonds. The van der Waals surface area contributed by atoms with Crippen molar-refractivity contribution in [2.45, 2.75) is 53.5 Å². The molecule has 0 unspecified atom stereocenters. The second-order valence-electron chi connectivity index (χ2n) is 9.98. The number of hydrogen-bond acceptors (Lipinski definition) is 3. The van der Waals surface area contributed by atoms with Crippen LogP contribution in [0.25, 0.3) is 17.1 Å². The fraction of sp³-hybridized carbons (Fsp3) is 0.462. The molecule has 2 aromatic carbocycles. The van der Waals surface area contributed by atoms with Crippen molar-refractivity contribution < 1.29 is 4.39 Å². The molecule has 1 aliphatic heterocycles. The highest BCUT2D eigenvalue weighted by atomic mass is 19.1. The summed E-state index contributed by atoms with van der Waals surface area (Å²) in [6.45, 7) is 12.0. The van der Waals surface area contributed by atoms with Crippen LogP contribution >= 0.6 is 0 Å². The number of aromatic nitrogens is 3. The van der Waals surface area contributed by atoms with Crippen molar-refractivity contribution in [2.75, 3.05) is 13.1 Å². The predicted octanol–water partition coefficient (Wildman–Crippen LogP) is 5.89. The van der Waals surface area contributed by atoms with Crippen molar-refractivity contribution in [1.29, 1.82) is 0 Å². The van der Waals surface area contributed by atoms with Crippen LogP contribution in [0.4, 0.5) is 4.39 Å². The quantitative estimate of drug-likeness (QED) is 0.498. The molecule has 0 spiro atoms. The Bertz CT molecular complexity index is 993. The summed E-state index contributed by atoms with van der Waals surface area (Å²) in [5.41, 5.74) is 3.58. The summed E-state index contributed by atoms with van der Waals surface area (Å²) in [4.78, 5) is 7.35. The summed E-state index contributed by atoms with van der Waals surface area (Å²) in [5, 5.41) is 4.83. The first kappa shape index (κ1) is 21.7. The van der Waals surface area contributed by atoms with Gasteiger partial charge in [-0.1, -0.05) is 52.0 Å². The maximum absolute atomic E-state index is 13.5. The first-order valence-corrected chi connectivity index (χ1v) is 11.3. The van der Waals surface area contributed by atoms with Gasteiger partial charge in [-0.25, -0.2) is 14.1 Å². The van der Waals surface area contributed by atoms with E-state index in [1.54, 1.807) is 12.1 Å². The Morgan fingerprint density at radius 3 is 2.23 bits per heavy atom. The normalized spacial score (nSPS) is 16.7. The number of piperidine rings is 1. The molecule has 164 valence electrons. The highest BCUT2D eigenvalue weighted by molar-refractivity contribution is 5.58. The Labute approximate surface area is 185 Å². The van der Waals surface area contributed by atoms with Crippen LogP contribution in [0, 0.1) is 17.2 Å². The SMILES string of the molecule is CC(C)Cc1ccc(-c2nc(CN3CCC(C)(C)CC3)nn2-c2ccc(F)cc2)cc1. The summed E-state index contributed by atoms with van der Waals surface area (Å²) in [7, 11) is 0. The van der Waals surface area contributed by atoms with Crippen molar-refractivity contribution in [3.8, 4) is 17.1 Å². The topological polar surface area (TPSA) is 34.0 Å². The van der Waals surface area contributed by atoms with Crippen LogP contribution in [0.2, 0.25) is 0 Å². The minimum absolute atomic E-state index is 0.250. The van der Waals surface area contributed by atoms with Crippen LogP contribution in [-0.4, -0.2) is 32.8 Å². The summed E-state index contributed by atoms with van der Waals surface area (Å²) in [6, 6.07) is 15.0. The molecule has 1 aromatic heterocycles. The fourth-order valence-corrected chi connectivity index (χ4v) is 4.15. The molecular formula is C26H33FN4. The molecule has 31 heavy (non-hydrogen) atoms. The van der Waals surface area contributed by atoms with Gasteiger partial charge in [0, 0.05) is 5.56 Å². The second-order valence-corrected chi connectivity index (χ2v) is 9.98. The van der Waals surface area contributed by atoms with Gasteiger partial charge in [-0.3, -0.25) is 4.90 Å². The smallest absolute Gasteiger partial charge is 0.165 e. The van der Waals surface area contributed by atoms with Gasteiger partial charge in [0.05, 0.1) is 12.2 Å². The molecule has 0 atom stereocenters. The van der Waals surface area contributed by atoms with Gasteiger partial charge in [-0.15, -0.1) is 5.10 Å². The molecule has 4 rings (SSSR count). The van der Waals surface area contributed by atoms with Crippen LogP contribution in [-0.2, 0) is 13.0 Å². The van der Waals surface area contributed by atoms with Crippen LogP contribution in [0.15, 0.2) is 48.5 Å². The lowest BCUT2D eigenvalue weighted by Gasteiger charge is -2.36. The van der Waals surface area contributed by atoms with Crippen molar-refractivity contribution in [3.05, 3.63) is 65.7 Å². The fourth-order valence-electron chi connectivity index (χ4n) is 4.15. The Balaban J connectivity index is 1.63. The van der Waals surface area contributed by atoms with E-state index in [1.165, 1.54) is 30.5 Å². The van der Waals surface area contributed by atoms with Gasteiger partial charge in [0.2, 0.25) is 0 Å². The molecule has 4 nitrogen and oxygen atoms in total. The van der Waals surface area contributed by atoms with E-state index >= 15 is 0 Å². The van der Waals surface area contributed by atoms with Gasteiger partial charge in [-0.05, 0) is 73.5 Å². The average molecular weight is 421 g/mol. The monoisotopic (exact) mass is 420 g/mol. The lowest BCUT2D eigenvalue weighted by Crippen LogP contribution is -2.37. The highest BCUT2D eigenvalue weighted by Gasteiger charge is 2.26. The third-order valence-corrected chi connectivity index (χ3v) is 6.15. The molecule has 1 aliphatic rings. The molecule has 0 bridgehead atoms. The van der Waals surface area contributed by atoms with Crippen LogP contribution in [0.1, 0.15) is 51.9 Å². The highest BCUT2D eigenvalue weighted by Crippen LogP contribution is 2.30. The molecule has 0 saturated carbocycles. The standard InChI is InChI=1S/C26H33FN4/c1-19(2)17-20-5-7-21(8-6-20)25-28-24(18-30-15-13-26(3,4)14-16-30)29-31(25)23-11-9-22(27)10-12-23/h5-12,19H,13-18H2,1-4H3. The molecule has 3 aromatic rings. The molecule has 1 fully saturated rings. The predicted molar refractivity (Wildman–Crippen MR) is 124 cm³/mol. The van der Waals surface area contributed by atoms with Crippen LogP contribution in [0.3, 0.4) is 0 Å². The third kappa shape index (κ3) is 5.40. The third-order valence-electron chi connectivity index (χ3n) is 6.15. The lowest BCUT2D eigenvalue weighted by molar-refractivity contribution is 0.124. The summed E-state index contributed by atoms with van der Waals surface area (Å²) < 4.78 is 15.3. The Morgan fingerprint density at radius 1 is 0.968 bits per heavy atom. The second kappa shape index (κ2) is 8.91. The number of hydrogen-bond donors (Lipinski definition) is 0. The zero-order chi connectivity index (χ0) is 22.0. The van der Waals surface area contributed by atoms with E-state index in [1.807, 2.05) is 4.68 Å². The molecule has 0 N–H and O–H groups in total. The molecule has 1 saturated heterocycles. The van der Waals surface area contributed by atoms with Gasteiger partial charge in [0.15, 0.2) is 11.6 Å². The maximum Gasteiger partial charge on any atom is 0.165 e. The Morgan fingerprint density at radius 2 is 1.61 bits per heavy atom. The van der Waals surface area contributed by atoms with E-state index in [0.717, 1.165) is 49.0 Å². The van der Waals surface area contributed by atoms with E-state index in [2.05, 4.69) is 56.9 Å². The molecular weight excluding hydrogens is 387 g/mol. The van der Waals surface area contributed by atoms with E-state index in [0.29, 0.717) is 11.3 Å². The van der Waals surface area contributed by atoms with E-state index in [9.17, 15) is 4.39 Å². The van der Waals surface area contributed by atoms with Gasteiger partial charge in [-0.2, -0.15) is 0 Å². The molecule has 2 heterocycles. The van der Waals surface area contributed by atoms with Crippen molar-refractivity contribution in [3.63, 3.8) is 0 Å². The van der Waals surface area contributed by atoms with Gasteiger partial charge in [0.1, 0.15) is 5.82 Å². The zero-order valence-electron chi connectivity index (χ0n) is 19.1. The zero-order valence-corrected chi connectivity index (χ0v) is 19.1. The Kier molecular flexibility index (Phi) is 6.24. The lowest BCUT2D eigenvalue weighted by atomic mass is 9.83. The molecule has 0 radical (unpaired) electrons. The van der Waals surface area contributed by atoms with Crippen LogP contribution < -0.4 is 0 Å². The van der Waals surface area contributed by atoms with Crippen molar-refractivity contribution in [1.82, 2.24) is 19.7 Å².